The summed E-state index contributed by atoms with van der Waals surface area (Å²) in [7, 11) is 0. The van der Waals surface area contributed by atoms with Crippen LogP contribution in [0, 0.1) is 23.7 Å². The largest absolute Gasteiger partial charge is 0.416 e. The molecule has 1 aliphatic heterocycles. The molecule has 158 valence electrons. The Hall–Kier alpha value is -3.42. The summed E-state index contributed by atoms with van der Waals surface area (Å²) in [5.41, 5.74) is -0.311. The van der Waals surface area contributed by atoms with Gasteiger partial charge < -0.3 is 5.32 Å². The molecule has 2 aromatic carbocycles. The highest BCUT2D eigenvalue weighted by molar-refractivity contribution is 6.24. The van der Waals surface area contributed by atoms with Gasteiger partial charge in [-0.2, -0.15) is 13.2 Å². The van der Waals surface area contributed by atoms with E-state index in [1.165, 1.54) is 0 Å². The van der Waals surface area contributed by atoms with E-state index in [2.05, 4.69) is 5.32 Å². The van der Waals surface area contributed by atoms with Crippen LogP contribution in [0.15, 0.2) is 60.7 Å². The Morgan fingerprint density at radius 2 is 1.48 bits per heavy atom. The predicted octanol–water partition coefficient (Wildman–Crippen LogP) is 4.27. The highest BCUT2D eigenvalue weighted by Gasteiger charge is 2.59. The van der Waals surface area contributed by atoms with Crippen LogP contribution in [-0.4, -0.2) is 17.7 Å². The normalized spacial score (nSPS) is 26.5. The Morgan fingerprint density at radius 3 is 2.06 bits per heavy atom. The van der Waals surface area contributed by atoms with Gasteiger partial charge in [0.2, 0.25) is 11.8 Å². The van der Waals surface area contributed by atoms with E-state index in [9.17, 15) is 27.6 Å². The highest BCUT2D eigenvalue weighted by Crippen LogP contribution is 2.53. The van der Waals surface area contributed by atoms with Gasteiger partial charge in [-0.3, -0.25) is 14.4 Å². The van der Waals surface area contributed by atoms with Crippen LogP contribution in [0.25, 0.3) is 0 Å². The first-order chi connectivity index (χ1) is 14.8. The summed E-state index contributed by atoms with van der Waals surface area (Å²) < 4.78 is 38.2. The van der Waals surface area contributed by atoms with Gasteiger partial charge in [-0.1, -0.05) is 24.3 Å². The van der Waals surface area contributed by atoms with Gasteiger partial charge in [0.1, 0.15) is 0 Å². The summed E-state index contributed by atoms with van der Waals surface area (Å²) in [5.74, 6) is -1.81. The number of halogens is 3. The molecule has 0 spiro atoms. The van der Waals surface area contributed by atoms with Crippen LogP contribution in [0.3, 0.4) is 0 Å². The van der Waals surface area contributed by atoms with Crippen LogP contribution in [-0.2, 0) is 15.8 Å². The molecule has 5 nitrogen and oxygen atoms in total. The first-order valence-electron chi connectivity index (χ1n) is 9.89. The standard InChI is InChI=1S/C23H17F3N2O3/c24-23(25,26)15-9-7-12(8-10-15)20(29)27-16-3-1-2-4-17(16)28-21(30)18-13-5-6-14(11-13)19(18)22(28)31/h1-10,13-14,18-19H,11H2,(H,27,29)/t13-,14-,18-,19-/m0/s1. The topological polar surface area (TPSA) is 66.5 Å². The number of hydrogen-bond donors (Lipinski definition) is 1. The summed E-state index contributed by atoms with van der Waals surface area (Å²) in [5, 5.41) is 2.62. The van der Waals surface area contributed by atoms with Crippen LogP contribution in [0.2, 0.25) is 0 Å². The SMILES string of the molecule is O=C(Nc1ccccc1N1C(=O)[C@@H]2[C@@H](C1=O)[C@H]1C=C[C@H]2C1)c1ccc(C(F)(F)F)cc1. The van der Waals surface area contributed by atoms with Gasteiger partial charge in [0.15, 0.2) is 0 Å². The summed E-state index contributed by atoms with van der Waals surface area (Å²) in [4.78, 5) is 39.9. The number of nitrogens with zero attached hydrogens (tertiary/aromatic N) is 1. The average Bonchev–Trinajstić information content (AvgIpc) is 3.42. The molecule has 1 saturated heterocycles. The van der Waals surface area contributed by atoms with Gasteiger partial charge in [0.05, 0.1) is 28.8 Å². The van der Waals surface area contributed by atoms with Crippen molar-refractivity contribution >= 4 is 29.1 Å². The van der Waals surface area contributed by atoms with E-state index in [0.29, 0.717) is 0 Å². The number of anilines is 2. The second kappa shape index (κ2) is 6.80. The number of para-hydroxylation sites is 2. The highest BCUT2D eigenvalue weighted by atomic mass is 19.4. The number of hydrogen-bond acceptors (Lipinski definition) is 3. The molecule has 8 heteroatoms. The van der Waals surface area contributed by atoms with Gasteiger partial charge in [0, 0.05) is 5.56 Å². The van der Waals surface area contributed by atoms with Crippen LogP contribution in [0.1, 0.15) is 22.3 Å². The van der Waals surface area contributed by atoms with Gasteiger partial charge in [-0.25, -0.2) is 4.90 Å². The first kappa shape index (κ1) is 19.5. The summed E-state index contributed by atoms with van der Waals surface area (Å²) in [6.07, 6.45) is 0.314. The predicted molar refractivity (Wildman–Crippen MR) is 106 cm³/mol. The lowest BCUT2D eigenvalue weighted by Gasteiger charge is -2.21. The third kappa shape index (κ3) is 3.05. The fourth-order valence-corrected chi connectivity index (χ4v) is 4.92. The smallest absolute Gasteiger partial charge is 0.320 e. The van der Waals surface area contributed by atoms with E-state index in [1.54, 1.807) is 24.3 Å². The Kier molecular flexibility index (Phi) is 4.28. The minimum absolute atomic E-state index is 0.0287. The molecule has 0 aromatic heterocycles. The van der Waals surface area contributed by atoms with Crippen molar-refractivity contribution in [3.05, 3.63) is 71.8 Å². The maximum Gasteiger partial charge on any atom is 0.416 e. The van der Waals surface area contributed by atoms with E-state index in [0.717, 1.165) is 35.6 Å². The van der Waals surface area contributed by atoms with E-state index in [-0.39, 0.29) is 52.4 Å². The maximum atomic E-state index is 13.1. The van der Waals surface area contributed by atoms with Crippen LogP contribution < -0.4 is 10.2 Å². The molecule has 2 bridgehead atoms. The fraction of sp³-hybridized carbons (Fsp3) is 0.261. The quantitative estimate of drug-likeness (QED) is 0.589. The third-order valence-corrected chi connectivity index (χ3v) is 6.34. The Balaban J connectivity index is 1.41. The monoisotopic (exact) mass is 426 g/mol. The van der Waals surface area contributed by atoms with Gasteiger partial charge in [-0.15, -0.1) is 0 Å². The average molecular weight is 426 g/mol. The van der Waals surface area contributed by atoms with Crippen LogP contribution in [0.4, 0.5) is 24.5 Å². The molecule has 1 N–H and O–H groups in total. The second-order valence-electron chi connectivity index (χ2n) is 8.06. The van der Waals surface area contributed by atoms with Gasteiger partial charge in [-0.05, 0) is 54.7 Å². The molecule has 3 amide bonds. The van der Waals surface area contributed by atoms with E-state index in [4.69, 9.17) is 0 Å². The lowest BCUT2D eigenvalue weighted by atomic mass is 9.85. The lowest BCUT2D eigenvalue weighted by molar-refractivity contribution is -0.137. The van der Waals surface area contributed by atoms with E-state index < -0.39 is 17.6 Å². The lowest BCUT2D eigenvalue weighted by Crippen LogP contribution is -2.33. The number of allylic oxidation sites excluding steroid dienone is 2. The molecule has 2 fully saturated rings. The third-order valence-electron chi connectivity index (χ3n) is 6.34. The van der Waals surface area contributed by atoms with Crippen molar-refractivity contribution in [3.8, 4) is 0 Å². The van der Waals surface area contributed by atoms with Gasteiger partial charge in [0.25, 0.3) is 5.91 Å². The van der Waals surface area contributed by atoms with Crippen molar-refractivity contribution in [1.82, 2.24) is 0 Å². The van der Waals surface area contributed by atoms with Crippen molar-refractivity contribution in [2.75, 3.05) is 10.2 Å². The van der Waals surface area contributed by atoms with Crippen molar-refractivity contribution in [2.45, 2.75) is 12.6 Å². The number of benzene rings is 2. The molecule has 31 heavy (non-hydrogen) atoms. The number of amides is 3. The summed E-state index contributed by atoms with van der Waals surface area (Å²) in [6.45, 7) is 0. The minimum Gasteiger partial charge on any atom is -0.320 e. The molecule has 0 radical (unpaired) electrons. The summed E-state index contributed by atoms with van der Waals surface area (Å²) in [6, 6.07) is 10.3. The molecule has 1 heterocycles. The van der Waals surface area contributed by atoms with E-state index >= 15 is 0 Å². The number of carbonyl (C=O) groups excluding carboxylic acids is 3. The number of fused-ring (bicyclic) bond motifs is 5. The molecular weight excluding hydrogens is 409 g/mol. The first-order valence-corrected chi connectivity index (χ1v) is 9.89. The Morgan fingerprint density at radius 1 is 0.903 bits per heavy atom. The van der Waals surface area contributed by atoms with E-state index in [1.807, 2.05) is 12.2 Å². The Labute approximate surface area is 175 Å². The Bertz CT molecular complexity index is 1090. The van der Waals surface area contributed by atoms with Crippen molar-refractivity contribution in [3.63, 3.8) is 0 Å². The molecule has 5 rings (SSSR count). The number of alkyl halides is 3. The fourth-order valence-electron chi connectivity index (χ4n) is 4.92. The molecule has 1 saturated carbocycles. The summed E-state index contributed by atoms with van der Waals surface area (Å²) >= 11 is 0. The zero-order chi connectivity index (χ0) is 21.9. The van der Waals surface area contributed by atoms with Crippen molar-refractivity contribution in [1.29, 1.82) is 0 Å². The number of carbonyl (C=O) groups is 3. The number of rotatable bonds is 3. The minimum atomic E-state index is -4.50. The molecule has 3 aliphatic rings. The van der Waals surface area contributed by atoms with Crippen molar-refractivity contribution < 1.29 is 27.6 Å². The molecule has 2 aromatic rings. The number of nitrogens with one attached hydrogen (secondary N) is 1. The molecule has 0 unspecified atom stereocenters. The number of imide groups is 1. The second-order valence-corrected chi connectivity index (χ2v) is 8.06. The van der Waals surface area contributed by atoms with Crippen molar-refractivity contribution in [2.24, 2.45) is 23.7 Å². The molecule has 2 aliphatic carbocycles. The molecule has 4 atom stereocenters. The molecular formula is C23H17F3N2O3. The van der Waals surface area contributed by atoms with Crippen LogP contribution in [0.5, 0.6) is 0 Å². The zero-order valence-electron chi connectivity index (χ0n) is 16.1. The van der Waals surface area contributed by atoms with Crippen LogP contribution >= 0.6 is 0 Å². The maximum absolute atomic E-state index is 13.1. The zero-order valence-corrected chi connectivity index (χ0v) is 16.1. The van der Waals surface area contributed by atoms with Gasteiger partial charge >= 0.3 is 6.18 Å².